The molecule has 2 amide bonds. The third-order valence-corrected chi connectivity index (χ3v) is 2.47. The maximum absolute atomic E-state index is 11.3. The highest BCUT2D eigenvalue weighted by atomic mass is 16.4. The maximum atomic E-state index is 11.3. The number of hydrogen-bond donors (Lipinski definition) is 4. The summed E-state index contributed by atoms with van der Waals surface area (Å²) in [6, 6.07) is -1.73. The lowest BCUT2D eigenvalue weighted by atomic mass is 10.2. The van der Waals surface area contributed by atoms with E-state index in [0.717, 1.165) is 12.8 Å². The van der Waals surface area contributed by atoms with Gasteiger partial charge in [0.15, 0.2) is 6.04 Å². The van der Waals surface area contributed by atoms with Crippen LogP contribution in [-0.2, 0) is 4.79 Å². The summed E-state index contributed by atoms with van der Waals surface area (Å²) in [5.74, 6) is -0.736. The summed E-state index contributed by atoms with van der Waals surface area (Å²) in [4.78, 5) is 21.8. The Morgan fingerprint density at radius 1 is 1.40 bits per heavy atom. The number of amides is 2. The number of carbonyl (C=O) groups is 2. The third-order valence-electron chi connectivity index (χ3n) is 2.47. The van der Waals surface area contributed by atoms with Crippen LogP contribution in [0.25, 0.3) is 0 Å². The lowest BCUT2D eigenvalue weighted by Gasteiger charge is -2.16. The Bertz CT molecular complexity index is 252. The second kappa shape index (κ2) is 4.97. The van der Waals surface area contributed by atoms with Gasteiger partial charge in [0.25, 0.3) is 0 Å². The molecule has 1 aliphatic rings. The molecule has 1 fully saturated rings. The van der Waals surface area contributed by atoms with Gasteiger partial charge in [-0.1, -0.05) is 0 Å². The van der Waals surface area contributed by atoms with Crippen LogP contribution in [0.4, 0.5) is 4.79 Å². The van der Waals surface area contributed by atoms with Gasteiger partial charge in [-0.15, -0.1) is 0 Å². The van der Waals surface area contributed by atoms with E-state index in [0.29, 0.717) is 5.92 Å². The number of carboxylic acid groups (broad SMARTS) is 1. The van der Waals surface area contributed by atoms with Crippen molar-refractivity contribution < 1.29 is 19.8 Å². The molecular formula is C9H16N2O4. The Labute approximate surface area is 87.7 Å². The van der Waals surface area contributed by atoms with Crippen LogP contribution in [-0.4, -0.2) is 40.9 Å². The molecule has 1 rings (SSSR count). The Kier molecular flexibility index (Phi) is 3.90. The van der Waals surface area contributed by atoms with Crippen molar-refractivity contribution in [3.05, 3.63) is 0 Å². The molecule has 0 bridgehead atoms. The molecule has 0 radical (unpaired) electrons. The fourth-order valence-corrected chi connectivity index (χ4v) is 1.31. The highest BCUT2D eigenvalue weighted by molar-refractivity contribution is 5.82. The number of aliphatic hydroxyl groups excluding tert-OH is 1. The molecule has 86 valence electrons. The van der Waals surface area contributed by atoms with E-state index < -0.39 is 24.6 Å². The number of aliphatic hydroxyl groups is 1. The molecule has 4 N–H and O–H groups in total. The number of carboxylic acids is 1. The Morgan fingerprint density at radius 2 is 2.00 bits per heavy atom. The molecule has 0 spiro atoms. The van der Waals surface area contributed by atoms with Crippen molar-refractivity contribution in [3.8, 4) is 0 Å². The normalized spacial score (nSPS) is 19.1. The molecule has 1 unspecified atom stereocenters. The van der Waals surface area contributed by atoms with Gasteiger partial charge in [0, 0.05) is 6.04 Å². The molecule has 0 aliphatic heterocycles. The van der Waals surface area contributed by atoms with Gasteiger partial charge in [-0.05, 0) is 25.7 Å². The van der Waals surface area contributed by atoms with E-state index in [9.17, 15) is 9.59 Å². The first-order valence-corrected chi connectivity index (χ1v) is 4.95. The van der Waals surface area contributed by atoms with Crippen molar-refractivity contribution in [2.45, 2.75) is 31.8 Å². The average molecular weight is 216 g/mol. The number of hydrogen-bond acceptors (Lipinski definition) is 3. The zero-order valence-corrected chi connectivity index (χ0v) is 8.56. The van der Waals surface area contributed by atoms with Gasteiger partial charge in [0.05, 0.1) is 6.61 Å². The van der Waals surface area contributed by atoms with Gasteiger partial charge in [-0.2, -0.15) is 0 Å². The zero-order valence-electron chi connectivity index (χ0n) is 8.56. The highest BCUT2D eigenvalue weighted by Crippen LogP contribution is 2.32. The molecule has 0 aromatic heterocycles. The number of carbonyl (C=O) groups excluding carboxylic acids is 1. The van der Waals surface area contributed by atoms with E-state index >= 15 is 0 Å². The third kappa shape index (κ3) is 3.75. The summed E-state index contributed by atoms with van der Waals surface area (Å²) >= 11 is 0. The summed E-state index contributed by atoms with van der Waals surface area (Å²) in [6.07, 6.45) is 2.20. The Balaban J connectivity index is 2.29. The average Bonchev–Trinajstić information content (AvgIpc) is 2.96. The summed E-state index contributed by atoms with van der Waals surface area (Å²) in [5, 5.41) is 22.1. The lowest BCUT2D eigenvalue weighted by molar-refractivity contribution is -0.140. The first kappa shape index (κ1) is 11.8. The van der Waals surface area contributed by atoms with Gasteiger partial charge >= 0.3 is 12.0 Å². The van der Waals surface area contributed by atoms with Gasteiger partial charge in [-0.25, -0.2) is 9.59 Å². The lowest BCUT2D eigenvalue weighted by Crippen LogP contribution is -2.50. The summed E-state index contributed by atoms with van der Waals surface area (Å²) in [7, 11) is 0. The quantitative estimate of drug-likeness (QED) is 0.499. The first-order valence-electron chi connectivity index (χ1n) is 4.95. The van der Waals surface area contributed by atoms with Crippen LogP contribution >= 0.6 is 0 Å². The molecule has 2 atom stereocenters. The molecule has 0 saturated heterocycles. The molecular weight excluding hydrogens is 200 g/mol. The predicted octanol–water partition coefficient (Wildman–Crippen LogP) is -0.470. The van der Waals surface area contributed by atoms with E-state index in [1.807, 2.05) is 6.92 Å². The summed E-state index contributed by atoms with van der Waals surface area (Å²) < 4.78 is 0. The van der Waals surface area contributed by atoms with Gasteiger partial charge in [0.2, 0.25) is 0 Å². The molecule has 1 aliphatic carbocycles. The number of nitrogens with one attached hydrogen (secondary N) is 2. The second-order valence-electron chi connectivity index (χ2n) is 3.82. The van der Waals surface area contributed by atoms with Crippen LogP contribution in [0.1, 0.15) is 19.8 Å². The van der Waals surface area contributed by atoms with Crippen LogP contribution in [0.2, 0.25) is 0 Å². The van der Waals surface area contributed by atoms with Crippen molar-refractivity contribution >= 4 is 12.0 Å². The minimum absolute atomic E-state index is 0.0538. The predicted molar refractivity (Wildman–Crippen MR) is 52.4 cm³/mol. The molecule has 6 heteroatoms. The monoisotopic (exact) mass is 216 g/mol. The molecule has 6 nitrogen and oxygen atoms in total. The van der Waals surface area contributed by atoms with Crippen LogP contribution in [0, 0.1) is 5.92 Å². The molecule has 0 aromatic carbocycles. The topological polar surface area (TPSA) is 98.7 Å². The smallest absolute Gasteiger partial charge is 0.328 e. The highest BCUT2D eigenvalue weighted by Gasteiger charge is 2.29. The van der Waals surface area contributed by atoms with Crippen molar-refractivity contribution in [2.75, 3.05) is 6.61 Å². The standard InChI is InChI=1S/C9H16N2O4/c1-5(6-2-3-6)10-9(15)11-7(4-12)8(13)14/h5-7,12H,2-4H2,1H3,(H,13,14)(H2,10,11,15)/t5?,7-/m1/s1. The van der Waals surface area contributed by atoms with Crippen LogP contribution < -0.4 is 10.6 Å². The molecule has 0 aromatic rings. The minimum atomic E-state index is -1.24. The van der Waals surface area contributed by atoms with Gasteiger partial charge < -0.3 is 20.8 Å². The first-order chi connectivity index (χ1) is 7.04. The van der Waals surface area contributed by atoms with E-state index in [-0.39, 0.29) is 6.04 Å². The zero-order chi connectivity index (χ0) is 11.4. The largest absolute Gasteiger partial charge is 0.480 e. The van der Waals surface area contributed by atoms with Gasteiger partial charge in [0.1, 0.15) is 0 Å². The minimum Gasteiger partial charge on any atom is -0.480 e. The SMILES string of the molecule is CC(NC(=O)N[C@H](CO)C(=O)O)C1CC1. The number of rotatable bonds is 5. The van der Waals surface area contributed by atoms with E-state index in [2.05, 4.69) is 10.6 Å². The van der Waals surface area contributed by atoms with Crippen molar-refractivity contribution in [2.24, 2.45) is 5.92 Å². The van der Waals surface area contributed by atoms with Crippen molar-refractivity contribution in [3.63, 3.8) is 0 Å². The van der Waals surface area contributed by atoms with Gasteiger partial charge in [-0.3, -0.25) is 0 Å². The fraction of sp³-hybridized carbons (Fsp3) is 0.778. The fourth-order valence-electron chi connectivity index (χ4n) is 1.31. The van der Waals surface area contributed by atoms with E-state index in [4.69, 9.17) is 10.2 Å². The Hall–Kier alpha value is -1.30. The molecule has 0 heterocycles. The molecule has 15 heavy (non-hydrogen) atoms. The maximum Gasteiger partial charge on any atom is 0.328 e. The number of urea groups is 1. The van der Waals surface area contributed by atoms with Crippen molar-refractivity contribution in [1.29, 1.82) is 0 Å². The van der Waals surface area contributed by atoms with Crippen LogP contribution in [0.5, 0.6) is 0 Å². The van der Waals surface area contributed by atoms with Crippen LogP contribution in [0.3, 0.4) is 0 Å². The molecule has 1 saturated carbocycles. The Morgan fingerprint density at radius 3 is 2.40 bits per heavy atom. The summed E-state index contributed by atoms with van der Waals surface area (Å²) in [6.45, 7) is 1.27. The number of aliphatic carboxylic acids is 1. The van der Waals surface area contributed by atoms with E-state index in [1.54, 1.807) is 0 Å². The van der Waals surface area contributed by atoms with Crippen LogP contribution in [0.15, 0.2) is 0 Å². The van der Waals surface area contributed by atoms with Crippen molar-refractivity contribution in [1.82, 2.24) is 10.6 Å². The van der Waals surface area contributed by atoms with E-state index in [1.165, 1.54) is 0 Å². The second-order valence-corrected chi connectivity index (χ2v) is 3.82. The summed E-state index contributed by atoms with van der Waals surface area (Å²) in [5.41, 5.74) is 0.